The summed E-state index contributed by atoms with van der Waals surface area (Å²) in [7, 11) is -2.35. The first-order valence-corrected chi connectivity index (χ1v) is 14.0. The summed E-state index contributed by atoms with van der Waals surface area (Å²) in [5.41, 5.74) is 0.822. The van der Waals surface area contributed by atoms with Gasteiger partial charge in [0.15, 0.2) is 0 Å². The summed E-state index contributed by atoms with van der Waals surface area (Å²) >= 11 is 0. The van der Waals surface area contributed by atoms with Crippen LogP contribution in [0.2, 0.25) is 0 Å². The van der Waals surface area contributed by atoms with E-state index in [4.69, 9.17) is 0 Å². The van der Waals surface area contributed by atoms with Gasteiger partial charge in [-0.15, -0.1) is 12.4 Å². The van der Waals surface area contributed by atoms with Gasteiger partial charge in [-0.1, -0.05) is 37.3 Å². The normalized spacial score (nSPS) is 19.1. The molecule has 9 nitrogen and oxygen atoms in total. The number of aliphatic hydroxyl groups excluding tert-OH is 1. The van der Waals surface area contributed by atoms with Gasteiger partial charge < -0.3 is 21.1 Å². The maximum absolute atomic E-state index is 14.5. The number of hydrogen-bond acceptors (Lipinski definition) is 7. The Balaban J connectivity index is 0.00000507. The molecule has 1 aromatic carbocycles. The number of pyridine rings is 1. The van der Waals surface area contributed by atoms with E-state index in [0.29, 0.717) is 0 Å². The van der Waals surface area contributed by atoms with Crippen molar-refractivity contribution in [2.24, 2.45) is 0 Å². The first-order valence-electron chi connectivity index (χ1n) is 12.2. The van der Waals surface area contributed by atoms with Gasteiger partial charge in [-0.25, -0.2) is 22.2 Å². The molecular formula is C25H36ClF2N5O4S. The van der Waals surface area contributed by atoms with Crippen molar-refractivity contribution in [3.8, 4) is 0 Å². The van der Waals surface area contributed by atoms with Gasteiger partial charge in [-0.3, -0.25) is 9.10 Å². The van der Waals surface area contributed by atoms with Crippen molar-refractivity contribution in [2.75, 3.05) is 29.5 Å². The van der Waals surface area contributed by atoms with Gasteiger partial charge in [-0.2, -0.15) is 0 Å². The van der Waals surface area contributed by atoms with Crippen molar-refractivity contribution in [3.05, 3.63) is 53.6 Å². The van der Waals surface area contributed by atoms with Gasteiger partial charge in [-0.05, 0) is 37.5 Å². The van der Waals surface area contributed by atoms with Crippen LogP contribution in [0.3, 0.4) is 0 Å². The fourth-order valence-electron chi connectivity index (χ4n) is 4.09. The number of anilines is 2. The maximum Gasteiger partial charge on any atom is 0.266 e. The molecule has 0 bridgehead atoms. The highest BCUT2D eigenvalue weighted by Crippen LogP contribution is 2.31. The molecule has 1 aliphatic heterocycles. The largest absolute Gasteiger partial charge is 0.389 e. The highest BCUT2D eigenvalue weighted by molar-refractivity contribution is 7.92. The summed E-state index contributed by atoms with van der Waals surface area (Å²) in [4.78, 5) is 17.7. The SMILES string of the molecule is CC[C@H](C)Nc1cc(C(=O)NC(Cc2ccccc2)C(O)[C@@H]2NCCC2(F)F)cc(N(C)S(C)(=O)=O)n1.Cl. The van der Waals surface area contributed by atoms with E-state index in [1.165, 1.54) is 19.2 Å². The second-order valence-electron chi connectivity index (χ2n) is 9.49. The predicted octanol–water partition coefficient (Wildman–Crippen LogP) is 2.81. The zero-order valence-corrected chi connectivity index (χ0v) is 23.5. The van der Waals surface area contributed by atoms with Gasteiger partial charge in [0.2, 0.25) is 10.0 Å². The Kier molecular flexibility index (Phi) is 10.8. The molecule has 1 aliphatic rings. The Morgan fingerprint density at radius 1 is 1.29 bits per heavy atom. The van der Waals surface area contributed by atoms with Gasteiger partial charge in [0.25, 0.3) is 11.8 Å². The fourth-order valence-corrected chi connectivity index (χ4v) is 4.52. The first kappa shape index (κ1) is 31.7. The average molecular weight is 576 g/mol. The molecule has 2 unspecified atom stereocenters. The number of aliphatic hydroxyl groups is 1. The molecule has 13 heteroatoms. The number of rotatable bonds is 11. The number of hydrogen-bond donors (Lipinski definition) is 4. The summed E-state index contributed by atoms with van der Waals surface area (Å²) in [6.45, 7) is 3.92. The second-order valence-corrected chi connectivity index (χ2v) is 11.5. The number of sulfonamides is 1. The van der Waals surface area contributed by atoms with E-state index in [-0.39, 0.29) is 48.6 Å². The molecule has 212 valence electrons. The van der Waals surface area contributed by atoms with Crippen molar-refractivity contribution in [2.45, 2.75) is 63.3 Å². The summed E-state index contributed by atoms with van der Waals surface area (Å²) < 4.78 is 54.2. The number of amides is 1. The van der Waals surface area contributed by atoms with E-state index in [0.717, 1.165) is 22.5 Å². The molecule has 1 amide bonds. The molecule has 1 saturated heterocycles. The van der Waals surface area contributed by atoms with Crippen LogP contribution in [0.4, 0.5) is 20.4 Å². The molecule has 4 atom stereocenters. The number of alkyl halides is 2. The zero-order valence-electron chi connectivity index (χ0n) is 21.8. The van der Waals surface area contributed by atoms with Crippen LogP contribution in [0.1, 0.15) is 42.6 Å². The lowest BCUT2D eigenvalue weighted by molar-refractivity contribution is -0.0606. The standard InChI is InChI=1S/C25H35F2N5O4S.ClH/c1-5-16(2)29-20-14-18(15-21(31-20)32(3)37(4,35)36)24(34)30-19(13-17-9-7-6-8-10-17)22(33)23-25(26,27)11-12-28-23;/h6-10,14-16,19,22-23,28,33H,5,11-13H2,1-4H3,(H,29,31)(H,30,34);1H/t16-,19?,22?,23-;/m0./s1. The van der Waals surface area contributed by atoms with Gasteiger partial charge >= 0.3 is 0 Å². The molecule has 2 aromatic rings. The molecule has 1 aromatic heterocycles. The molecule has 1 fully saturated rings. The maximum atomic E-state index is 14.5. The number of carbonyl (C=O) groups excluding carboxylic acids is 1. The molecule has 2 heterocycles. The molecule has 4 N–H and O–H groups in total. The van der Waals surface area contributed by atoms with Crippen LogP contribution in [0.15, 0.2) is 42.5 Å². The fraction of sp³-hybridized carbons (Fsp3) is 0.520. The third-order valence-electron chi connectivity index (χ3n) is 6.55. The Bertz CT molecular complexity index is 1190. The van der Waals surface area contributed by atoms with E-state index in [2.05, 4.69) is 20.9 Å². The topological polar surface area (TPSA) is 124 Å². The molecule has 0 saturated carbocycles. The van der Waals surface area contributed by atoms with Crippen LogP contribution in [0, 0.1) is 0 Å². The van der Waals surface area contributed by atoms with Crippen molar-refractivity contribution in [3.63, 3.8) is 0 Å². The number of benzene rings is 1. The van der Waals surface area contributed by atoms with Gasteiger partial charge in [0, 0.05) is 31.6 Å². The number of nitrogens with zero attached hydrogens (tertiary/aromatic N) is 2. The van der Waals surface area contributed by atoms with Crippen molar-refractivity contribution in [1.29, 1.82) is 0 Å². The first-order chi connectivity index (χ1) is 17.3. The minimum atomic E-state index is -3.67. The number of nitrogens with one attached hydrogen (secondary N) is 3. The highest BCUT2D eigenvalue weighted by Gasteiger charge is 2.49. The summed E-state index contributed by atoms with van der Waals surface area (Å²) in [6.07, 6.45) is -0.106. The zero-order chi connectivity index (χ0) is 27.4. The second kappa shape index (κ2) is 13.0. The third-order valence-corrected chi connectivity index (χ3v) is 7.73. The van der Waals surface area contributed by atoms with Crippen LogP contribution in [-0.2, 0) is 16.4 Å². The smallest absolute Gasteiger partial charge is 0.266 e. The quantitative estimate of drug-likeness (QED) is 0.325. The Hall–Kier alpha value is -2.54. The van der Waals surface area contributed by atoms with E-state index >= 15 is 0 Å². The van der Waals surface area contributed by atoms with Crippen LogP contribution in [0.5, 0.6) is 0 Å². The van der Waals surface area contributed by atoms with Crippen molar-refractivity contribution >= 4 is 40.0 Å². The van der Waals surface area contributed by atoms with Crippen molar-refractivity contribution < 1.29 is 27.1 Å². The summed E-state index contributed by atoms with van der Waals surface area (Å²) in [5.74, 6) is -3.48. The highest BCUT2D eigenvalue weighted by atomic mass is 35.5. The van der Waals surface area contributed by atoms with Crippen LogP contribution >= 0.6 is 12.4 Å². The van der Waals surface area contributed by atoms with Gasteiger partial charge in [0.1, 0.15) is 11.6 Å². The van der Waals surface area contributed by atoms with Crippen LogP contribution < -0.4 is 20.3 Å². The molecule has 0 aliphatic carbocycles. The number of carbonyl (C=O) groups is 1. The van der Waals surface area contributed by atoms with Gasteiger partial charge in [0.05, 0.1) is 24.4 Å². The minimum absolute atomic E-state index is 0. The molecule has 3 rings (SSSR count). The Morgan fingerprint density at radius 2 is 1.95 bits per heavy atom. The lowest BCUT2D eigenvalue weighted by Gasteiger charge is -2.31. The lowest BCUT2D eigenvalue weighted by Crippen LogP contribution is -2.56. The van der Waals surface area contributed by atoms with E-state index in [1.807, 2.05) is 19.9 Å². The number of halogens is 3. The number of aromatic nitrogens is 1. The van der Waals surface area contributed by atoms with E-state index in [1.54, 1.807) is 24.3 Å². The molecule has 0 radical (unpaired) electrons. The third kappa shape index (κ3) is 7.98. The Morgan fingerprint density at radius 3 is 2.50 bits per heavy atom. The summed E-state index contributed by atoms with van der Waals surface area (Å²) in [5, 5.41) is 19.5. The molecule has 0 spiro atoms. The summed E-state index contributed by atoms with van der Waals surface area (Å²) in [6, 6.07) is 9.14. The van der Waals surface area contributed by atoms with E-state index < -0.39 is 46.5 Å². The molecular weight excluding hydrogens is 540 g/mol. The average Bonchev–Trinajstić information content (AvgIpc) is 3.21. The minimum Gasteiger partial charge on any atom is -0.389 e. The predicted molar refractivity (Wildman–Crippen MR) is 147 cm³/mol. The molecule has 38 heavy (non-hydrogen) atoms. The van der Waals surface area contributed by atoms with Crippen LogP contribution in [-0.4, -0.2) is 74.4 Å². The monoisotopic (exact) mass is 575 g/mol. The van der Waals surface area contributed by atoms with E-state index in [9.17, 15) is 27.1 Å². The van der Waals surface area contributed by atoms with Crippen molar-refractivity contribution in [1.82, 2.24) is 15.6 Å². The van der Waals surface area contributed by atoms with Crippen LogP contribution in [0.25, 0.3) is 0 Å². The Labute approximate surface area is 228 Å². The lowest BCUT2D eigenvalue weighted by atomic mass is 9.93.